The van der Waals surface area contributed by atoms with Gasteiger partial charge in [-0.3, -0.25) is 4.79 Å². The fourth-order valence-electron chi connectivity index (χ4n) is 2.63. The number of benzene rings is 2. The molecule has 2 rings (SSSR count). The van der Waals surface area contributed by atoms with E-state index in [4.69, 9.17) is 0 Å². The Hall–Kier alpha value is -1.78. The molecule has 1 amide bonds. The largest absolute Gasteiger partial charge is 0.396 e. The molecule has 2 aromatic carbocycles. The van der Waals surface area contributed by atoms with Crippen molar-refractivity contribution in [3.05, 3.63) is 71.8 Å². The van der Waals surface area contributed by atoms with Crippen molar-refractivity contribution in [2.24, 2.45) is 0 Å². The molecular weight excluding hydrogens is 318 g/mol. The molecule has 0 saturated carbocycles. The Balaban J connectivity index is 1.67. The molecule has 2 aromatic rings. The summed E-state index contributed by atoms with van der Waals surface area (Å²) in [6.07, 6.45) is 1.57. The predicted octanol–water partition coefficient (Wildman–Crippen LogP) is 3.59. The number of aliphatic hydroxyl groups is 1. The Morgan fingerprint density at radius 3 is 2.33 bits per heavy atom. The highest BCUT2D eigenvalue weighted by atomic mass is 32.2. The first kappa shape index (κ1) is 18.6. The Morgan fingerprint density at radius 2 is 1.67 bits per heavy atom. The van der Waals surface area contributed by atoms with Crippen LogP contribution in [-0.2, 0) is 10.5 Å². The van der Waals surface area contributed by atoms with Crippen LogP contribution in [0.1, 0.15) is 29.9 Å². The number of rotatable bonds is 10. The molecule has 0 heterocycles. The first-order valence-corrected chi connectivity index (χ1v) is 9.49. The van der Waals surface area contributed by atoms with Crippen LogP contribution in [0.25, 0.3) is 0 Å². The second-order valence-electron chi connectivity index (χ2n) is 5.74. The van der Waals surface area contributed by atoms with E-state index in [9.17, 15) is 9.90 Å². The van der Waals surface area contributed by atoms with Gasteiger partial charge in [0.25, 0.3) is 0 Å². The number of carbonyl (C=O) groups is 1. The molecule has 2 N–H and O–H groups in total. The second kappa shape index (κ2) is 10.9. The lowest BCUT2D eigenvalue weighted by molar-refractivity contribution is -0.118. The van der Waals surface area contributed by atoms with Crippen LogP contribution >= 0.6 is 11.8 Å². The first-order valence-electron chi connectivity index (χ1n) is 8.33. The van der Waals surface area contributed by atoms with Crippen LogP contribution in [0.15, 0.2) is 60.7 Å². The third kappa shape index (κ3) is 6.77. The smallest absolute Gasteiger partial charge is 0.230 e. The minimum Gasteiger partial charge on any atom is -0.396 e. The second-order valence-corrected chi connectivity index (χ2v) is 6.72. The Kier molecular flexibility index (Phi) is 8.42. The van der Waals surface area contributed by atoms with E-state index in [1.54, 1.807) is 11.8 Å². The zero-order chi connectivity index (χ0) is 17.0. The normalized spacial score (nSPS) is 11.9. The van der Waals surface area contributed by atoms with E-state index >= 15 is 0 Å². The number of aliphatic hydroxyl groups excluding tert-OH is 1. The fourth-order valence-corrected chi connectivity index (χ4v) is 3.45. The van der Waals surface area contributed by atoms with Gasteiger partial charge in [0.05, 0.1) is 5.75 Å². The van der Waals surface area contributed by atoms with Crippen LogP contribution in [0.3, 0.4) is 0 Å². The van der Waals surface area contributed by atoms with Gasteiger partial charge < -0.3 is 10.4 Å². The van der Waals surface area contributed by atoms with Crippen LogP contribution in [-0.4, -0.2) is 29.9 Å². The van der Waals surface area contributed by atoms with Gasteiger partial charge in [0, 0.05) is 18.9 Å². The monoisotopic (exact) mass is 343 g/mol. The predicted molar refractivity (Wildman–Crippen MR) is 101 cm³/mol. The zero-order valence-corrected chi connectivity index (χ0v) is 14.7. The van der Waals surface area contributed by atoms with E-state index in [1.807, 2.05) is 36.4 Å². The highest BCUT2D eigenvalue weighted by Crippen LogP contribution is 2.22. The summed E-state index contributed by atoms with van der Waals surface area (Å²) in [5.74, 6) is 1.69. The summed E-state index contributed by atoms with van der Waals surface area (Å²) in [4.78, 5) is 11.9. The van der Waals surface area contributed by atoms with Crippen LogP contribution < -0.4 is 5.32 Å². The van der Waals surface area contributed by atoms with Crippen LogP contribution in [0.5, 0.6) is 0 Å². The highest BCUT2D eigenvalue weighted by Gasteiger charge is 2.11. The maximum atomic E-state index is 11.9. The number of amides is 1. The lowest BCUT2D eigenvalue weighted by Crippen LogP contribution is -2.27. The fraction of sp³-hybridized carbons (Fsp3) is 0.350. The molecule has 0 saturated heterocycles. The van der Waals surface area contributed by atoms with Gasteiger partial charge in [-0.15, -0.1) is 11.8 Å². The molecule has 0 aliphatic heterocycles. The van der Waals surface area contributed by atoms with Crippen molar-refractivity contribution in [1.29, 1.82) is 0 Å². The van der Waals surface area contributed by atoms with Crippen LogP contribution in [0.4, 0.5) is 0 Å². The van der Waals surface area contributed by atoms with Gasteiger partial charge in [-0.1, -0.05) is 60.7 Å². The molecule has 24 heavy (non-hydrogen) atoms. The van der Waals surface area contributed by atoms with E-state index in [1.165, 1.54) is 11.1 Å². The molecule has 0 aliphatic carbocycles. The summed E-state index contributed by atoms with van der Waals surface area (Å²) in [6, 6.07) is 20.4. The summed E-state index contributed by atoms with van der Waals surface area (Å²) in [7, 11) is 0. The van der Waals surface area contributed by atoms with Gasteiger partial charge >= 0.3 is 0 Å². The molecule has 0 spiro atoms. The molecule has 1 atom stereocenters. The van der Waals surface area contributed by atoms with Gasteiger partial charge in [0.15, 0.2) is 0 Å². The third-order valence-electron chi connectivity index (χ3n) is 3.91. The van der Waals surface area contributed by atoms with Gasteiger partial charge in [0.1, 0.15) is 0 Å². The van der Waals surface area contributed by atoms with E-state index < -0.39 is 0 Å². The lowest BCUT2D eigenvalue weighted by Gasteiger charge is -2.16. The number of hydrogen-bond donors (Lipinski definition) is 2. The maximum Gasteiger partial charge on any atom is 0.230 e. The van der Waals surface area contributed by atoms with E-state index in [-0.39, 0.29) is 18.4 Å². The van der Waals surface area contributed by atoms with E-state index in [0.29, 0.717) is 12.3 Å². The maximum absolute atomic E-state index is 11.9. The van der Waals surface area contributed by atoms with Crippen molar-refractivity contribution in [3.8, 4) is 0 Å². The number of thioether (sulfide) groups is 1. The van der Waals surface area contributed by atoms with Crippen molar-refractivity contribution < 1.29 is 9.90 Å². The van der Waals surface area contributed by atoms with E-state index in [2.05, 4.69) is 29.6 Å². The average molecular weight is 343 g/mol. The van der Waals surface area contributed by atoms with Gasteiger partial charge in [-0.05, 0) is 29.9 Å². The lowest BCUT2D eigenvalue weighted by atomic mass is 9.93. The number of hydrogen-bond acceptors (Lipinski definition) is 3. The first-order chi connectivity index (χ1) is 11.8. The summed E-state index contributed by atoms with van der Waals surface area (Å²) in [6.45, 7) is 0.810. The summed E-state index contributed by atoms with van der Waals surface area (Å²) >= 11 is 1.63. The third-order valence-corrected chi connectivity index (χ3v) is 4.91. The Morgan fingerprint density at radius 1 is 1.00 bits per heavy atom. The average Bonchev–Trinajstić information content (AvgIpc) is 2.63. The van der Waals surface area contributed by atoms with Crippen molar-refractivity contribution in [1.82, 2.24) is 5.32 Å². The topological polar surface area (TPSA) is 49.3 Å². The summed E-state index contributed by atoms with van der Waals surface area (Å²) < 4.78 is 0. The van der Waals surface area contributed by atoms with Crippen LogP contribution in [0, 0.1) is 0 Å². The van der Waals surface area contributed by atoms with Gasteiger partial charge in [-0.25, -0.2) is 0 Å². The Bertz CT molecular complexity index is 589. The summed E-state index contributed by atoms with van der Waals surface area (Å²) in [5.41, 5.74) is 2.46. The molecule has 4 heteroatoms. The molecule has 0 aromatic heterocycles. The molecule has 0 radical (unpaired) electrons. The zero-order valence-electron chi connectivity index (χ0n) is 13.9. The van der Waals surface area contributed by atoms with Crippen LogP contribution in [0.2, 0.25) is 0 Å². The standard InChI is InChI=1S/C20H25NO2S/c22-14-12-19(18-9-5-2-6-10-18)11-13-21-20(23)16-24-15-17-7-3-1-4-8-17/h1-10,19,22H,11-16H2,(H,21,23). The molecule has 3 nitrogen and oxygen atoms in total. The van der Waals surface area contributed by atoms with Crippen molar-refractivity contribution in [2.45, 2.75) is 24.5 Å². The minimum atomic E-state index is 0.0757. The summed E-state index contributed by atoms with van der Waals surface area (Å²) in [5, 5.41) is 12.2. The number of nitrogens with one attached hydrogen (secondary N) is 1. The molecule has 128 valence electrons. The molecule has 0 aliphatic rings. The van der Waals surface area contributed by atoms with Crippen molar-refractivity contribution in [2.75, 3.05) is 18.9 Å². The molecular formula is C20H25NO2S. The highest BCUT2D eigenvalue weighted by molar-refractivity contribution is 7.99. The van der Waals surface area contributed by atoms with Crippen molar-refractivity contribution in [3.63, 3.8) is 0 Å². The van der Waals surface area contributed by atoms with Gasteiger partial charge in [0.2, 0.25) is 5.91 Å². The molecule has 0 fully saturated rings. The van der Waals surface area contributed by atoms with Gasteiger partial charge in [-0.2, -0.15) is 0 Å². The molecule has 0 bridgehead atoms. The SMILES string of the molecule is O=C(CSCc1ccccc1)NCCC(CCO)c1ccccc1. The number of carbonyl (C=O) groups excluding carboxylic acids is 1. The van der Waals surface area contributed by atoms with Crippen molar-refractivity contribution >= 4 is 17.7 Å². The molecule has 1 unspecified atom stereocenters. The minimum absolute atomic E-state index is 0.0757. The quantitative estimate of drug-likeness (QED) is 0.693. The van der Waals surface area contributed by atoms with E-state index in [0.717, 1.165) is 18.6 Å². The Labute approximate surface area is 148 Å².